The first kappa shape index (κ1) is 26.0. The maximum Gasteiger partial charge on any atom is 0.264 e. The SMILES string of the molecule is C=CCN(CC(=O)Nc1ccc(N2CCN(C(=O)c3ccc(OC)cc3)CC2)cc1)C(=O)c1cccs1. The number of amides is 3. The molecule has 0 spiro atoms. The van der Waals surface area contributed by atoms with Gasteiger partial charge in [-0.2, -0.15) is 0 Å². The van der Waals surface area contributed by atoms with Gasteiger partial charge < -0.3 is 24.8 Å². The van der Waals surface area contributed by atoms with Crippen molar-refractivity contribution in [3.05, 3.63) is 89.1 Å². The van der Waals surface area contributed by atoms with Crippen LogP contribution in [0.2, 0.25) is 0 Å². The van der Waals surface area contributed by atoms with Crippen LogP contribution in [0.25, 0.3) is 0 Å². The Morgan fingerprint density at radius 3 is 2.32 bits per heavy atom. The molecule has 9 heteroatoms. The van der Waals surface area contributed by atoms with Crippen LogP contribution in [0.5, 0.6) is 5.75 Å². The fraction of sp³-hybridized carbons (Fsp3) is 0.250. The van der Waals surface area contributed by atoms with Gasteiger partial charge in [0.2, 0.25) is 5.91 Å². The molecule has 1 saturated heterocycles. The molecule has 0 bridgehead atoms. The zero-order valence-corrected chi connectivity index (χ0v) is 21.6. The first-order valence-electron chi connectivity index (χ1n) is 12.0. The largest absolute Gasteiger partial charge is 0.497 e. The molecule has 2 heterocycles. The van der Waals surface area contributed by atoms with E-state index in [1.807, 2.05) is 40.6 Å². The van der Waals surface area contributed by atoms with Crippen molar-refractivity contribution in [2.24, 2.45) is 0 Å². The van der Waals surface area contributed by atoms with Gasteiger partial charge in [-0.05, 0) is 60.0 Å². The lowest BCUT2D eigenvalue weighted by Gasteiger charge is -2.36. The van der Waals surface area contributed by atoms with Crippen LogP contribution in [-0.2, 0) is 4.79 Å². The fourth-order valence-electron chi connectivity index (χ4n) is 4.14. The number of nitrogens with zero attached hydrogens (tertiary/aromatic N) is 3. The zero-order valence-electron chi connectivity index (χ0n) is 20.8. The van der Waals surface area contributed by atoms with Crippen LogP contribution in [0.3, 0.4) is 0 Å². The van der Waals surface area contributed by atoms with Gasteiger partial charge in [-0.25, -0.2) is 0 Å². The summed E-state index contributed by atoms with van der Waals surface area (Å²) in [4.78, 5) is 44.2. The molecule has 1 aliphatic rings. The molecule has 3 aromatic rings. The van der Waals surface area contributed by atoms with Crippen molar-refractivity contribution in [1.82, 2.24) is 9.80 Å². The molecule has 0 radical (unpaired) electrons. The van der Waals surface area contributed by atoms with Gasteiger partial charge in [-0.3, -0.25) is 14.4 Å². The summed E-state index contributed by atoms with van der Waals surface area (Å²) in [6, 6.07) is 18.3. The van der Waals surface area contributed by atoms with Crippen molar-refractivity contribution in [1.29, 1.82) is 0 Å². The maximum atomic E-state index is 12.8. The van der Waals surface area contributed by atoms with Crippen LogP contribution >= 0.6 is 11.3 Å². The number of hydrogen-bond donors (Lipinski definition) is 1. The summed E-state index contributed by atoms with van der Waals surface area (Å²) in [5, 5.41) is 4.70. The van der Waals surface area contributed by atoms with Crippen molar-refractivity contribution >= 4 is 40.4 Å². The van der Waals surface area contributed by atoms with Crippen molar-refractivity contribution in [3.8, 4) is 5.75 Å². The summed E-state index contributed by atoms with van der Waals surface area (Å²) in [5.74, 6) is 0.278. The lowest BCUT2D eigenvalue weighted by molar-refractivity contribution is -0.116. The number of piperazine rings is 1. The number of carbonyl (C=O) groups excluding carboxylic acids is 3. The first-order chi connectivity index (χ1) is 18.0. The van der Waals surface area contributed by atoms with Crippen molar-refractivity contribution < 1.29 is 19.1 Å². The quantitative estimate of drug-likeness (QED) is 0.433. The van der Waals surface area contributed by atoms with Crippen molar-refractivity contribution in [2.75, 3.05) is 56.6 Å². The number of anilines is 2. The molecule has 4 rings (SSSR count). The van der Waals surface area contributed by atoms with Gasteiger partial charge in [-0.15, -0.1) is 17.9 Å². The molecule has 0 aliphatic carbocycles. The highest BCUT2D eigenvalue weighted by Gasteiger charge is 2.23. The second kappa shape index (κ2) is 12.2. The minimum atomic E-state index is -0.273. The average molecular weight is 519 g/mol. The zero-order chi connectivity index (χ0) is 26.2. The number of carbonyl (C=O) groups is 3. The van der Waals surface area contributed by atoms with Gasteiger partial charge in [0.05, 0.1) is 12.0 Å². The van der Waals surface area contributed by atoms with Gasteiger partial charge in [0.15, 0.2) is 0 Å². The lowest BCUT2D eigenvalue weighted by Crippen LogP contribution is -2.48. The lowest BCUT2D eigenvalue weighted by atomic mass is 10.1. The Morgan fingerprint density at radius 2 is 1.73 bits per heavy atom. The van der Waals surface area contributed by atoms with E-state index in [9.17, 15) is 14.4 Å². The molecule has 192 valence electrons. The van der Waals surface area contributed by atoms with E-state index in [1.165, 1.54) is 16.2 Å². The fourth-order valence-corrected chi connectivity index (χ4v) is 4.84. The van der Waals surface area contributed by atoms with E-state index in [4.69, 9.17) is 4.74 Å². The van der Waals surface area contributed by atoms with E-state index < -0.39 is 0 Å². The Kier molecular flexibility index (Phi) is 8.58. The second-order valence-electron chi connectivity index (χ2n) is 8.55. The van der Waals surface area contributed by atoms with E-state index in [-0.39, 0.29) is 30.8 Å². The van der Waals surface area contributed by atoms with E-state index >= 15 is 0 Å². The molecular formula is C28H30N4O4S. The molecule has 0 saturated carbocycles. The number of nitrogens with one attached hydrogen (secondary N) is 1. The molecule has 1 aliphatic heterocycles. The third-order valence-electron chi connectivity index (χ3n) is 6.12. The molecule has 3 amide bonds. The minimum absolute atomic E-state index is 0.0171. The van der Waals surface area contributed by atoms with E-state index in [0.717, 1.165) is 24.5 Å². The van der Waals surface area contributed by atoms with Crippen LogP contribution in [0.4, 0.5) is 11.4 Å². The van der Waals surface area contributed by atoms with Gasteiger partial charge in [-0.1, -0.05) is 12.1 Å². The Labute approximate surface area is 220 Å². The van der Waals surface area contributed by atoms with Crippen molar-refractivity contribution in [3.63, 3.8) is 0 Å². The molecule has 8 nitrogen and oxygen atoms in total. The summed E-state index contributed by atoms with van der Waals surface area (Å²) in [6.07, 6.45) is 1.61. The second-order valence-corrected chi connectivity index (χ2v) is 9.50. The highest BCUT2D eigenvalue weighted by atomic mass is 32.1. The summed E-state index contributed by atoms with van der Waals surface area (Å²) >= 11 is 1.34. The normalized spacial score (nSPS) is 13.1. The van der Waals surface area contributed by atoms with Gasteiger partial charge >= 0.3 is 0 Å². The molecule has 1 aromatic heterocycles. The molecular weight excluding hydrogens is 488 g/mol. The Morgan fingerprint density at radius 1 is 1.03 bits per heavy atom. The third-order valence-corrected chi connectivity index (χ3v) is 6.98. The monoisotopic (exact) mass is 518 g/mol. The number of thiophene rings is 1. The number of ether oxygens (including phenoxy) is 1. The highest BCUT2D eigenvalue weighted by Crippen LogP contribution is 2.21. The topological polar surface area (TPSA) is 82.2 Å². The summed E-state index contributed by atoms with van der Waals surface area (Å²) in [7, 11) is 1.60. The number of rotatable bonds is 9. The van der Waals surface area contributed by atoms with Gasteiger partial charge in [0.1, 0.15) is 12.3 Å². The molecule has 1 fully saturated rings. The standard InChI is InChI=1S/C28H30N4O4S/c1-3-14-32(28(35)25-5-4-19-37-25)20-26(33)29-22-8-10-23(11-9-22)30-15-17-31(18-16-30)27(34)21-6-12-24(36-2)13-7-21/h3-13,19H,1,14-18,20H2,2H3,(H,29,33). The molecule has 2 aromatic carbocycles. The smallest absolute Gasteiger partial charge is 0.264 e. The average Bonchev–Trinajstić information content (AvgIpc) is 3.48. The molecule has 0 atom stereocenters. The van der Waals surface area contributed by atoms with E-state index in [0.29, 0.717) is 29.2 Å². The van der Waals surface area contributed by atoms with E-state index in [1.54, 1.807) is 43.5 Å². The van der Waals surface area contributed by atoms with Crippen LogP contribution < -0.4 is 15.0 Å². The Hall–Kier alpha value is -4.11. The van der Waals surface area contributed by atoms with Crippen LogP contribution in [-0.4, -0.2) is 73.9 Å². The predicted octanol–water partition coefficient (Wildman–Crippen LogP) is 3.99. The molecule has 1 N–H and O–H groups in total. The number of hydrogen-bond acceptors (Lipinski definition) is 6. The predicted molar refractivity (Wildman–Crippen MR) is 147 cm³/mol. The van der Waals surface area contributed by atoms with Crippen molar-refractivity contribution in [2.45, 2.75) is 0 Å². The Bertz CT molecular complexity index is 1220. The maximum absolute atomic E-state index is 12.8. The Balaban J connectivity index is 1.28. The van der Waals surface area contributed by atoms with Crippen LogP contribution in [0, 0.1) is 0 Å². The number of methoxy groups -OCH3 is 1. The summed E-state index contributed by atoms with van der Waals surface area (Å²) in [5.41, 5.74) is 2.33. The molecule has 37 heavy (non-hydrogen) atoms. The van der Waals surface area contributed by atoms with Gasteiger partial charge in [0.25, 0.3) is 11.8 Å². The molecule has 0 unspecified atom stereocenters. The van der Waals surface area contributed by atoms with Gasteiger partial charge in [0, 0.05) is 49.7 Å². The van der Waals surface area contributed by atoms with E-state index in [2.05, 4.69) is 16.8 Å². The highest BCUT2D eigenvalue weighted by molar-refractivity contribution is 7.12. The minimum Gasteiger partial charge on any atom is -0.497 e. The summed E-state index contributed by atoms with van der Waals surface area (Å²) in [6.45, 7) is 6.61. The van der Waals surface area contributed by atoms with Crippen LogP contribution in [0.1, 0.15) is 20.0 Å². The van der Waals surface area contributed by atoms with Crippen LogP contribution in [0.15, 0.2) is 78.7 Å². The third kappa shape index (κ3) is 6.56. The number of benzene rings is 2. The first-order valence-corrected chi connectivity index (χ1v) is 12.9. The summed E-state index contributed by atoms with van der Waals surface area (Å²) < 4.78 is 5.16.